The van der Waals surface area contributed by atoms with Crippen molar-refractivity contribution in [3.63, 3.8) is 0 Å². The quantitative estimate of drug-likeness (QED) is 0.706. The van der Waals surface area contributed by atoms with Crippen LogP contribution in [0.15, 0.2) is 0 Å². The fraction of sp³-hybridized carbons (Fsp3) is 0.857. The molecule has 0 aliphatic heterocycles. The first-order valence-electron chi connectivity index (χ1n) is 6.46. The molecule has 0 saturated heterocycles. The molecule has 0 bridgehead atoms. The third kappa shape index (κ3) is 1.74. The van der Waals surface area contributed by atoms with Crippen LogP contribution in [0, 0.1) is 27.6 Å². The standard InChI is InChI=1S/C14H21NO2/c1-4-17-11(16)7-14(10-15)8-12(2)5-6-13(12,3)9-14/h4-9H2,1-3H3/t12-,13+,14?. The third-order valence-corrected chi connectivity index (χ3v) is 5.17. The molecule has 2 rings (SSSR count). The molecule has 2 saturated carbocycles. The van der Waals surface area contributed by atoms with Crippen molar-refractivity contribution in [2.75, 3.05) is 6.61 Å². The van der Waals surface area contributed by atoms with E-state index in [0.29, 0.717) is 6.61 Å². The van der Waals surface area contributed by atoms with Gasteiger partial charge >= 0.3 is 5.97 Å². The van der Waals surface area contributed by atoms with Crippen LogP contribution in [0.2, 0.25) is 0 Å². The van der Waals surface area contributed by atoms with Crippen molar-refractivity contribution < 1.29 is 9.53 Å². The molecule has 17 heavy (non-hydrogen) atoms. The molecule has 0 N–H and O–H groups in total. The Morgan fingerprint density at radius 1 is 1.29 bits per heavy atom. The minimum Gasteiger partial charge on any atom is -0.466 e. The van der Waals surface area contributed by atoms with Crippen molar-refractivity contribution in [3.05, 3.63) is 0 Å². The average Bonchev–Trinajstić information content (AvgIpc) is 2.40. The molecule has 94 valence electrons. The highest BCUT2D eigenvalue weighted by molar-refractivity contribution is 5.71. The Morgan fingerprint density at radius 3 is 2.18 bits per heavy atom. The molecule has 3 nitrogen and oxygen atoms in total. The second-order valence-electron chi connectivity index (χ2n) is 6.35. The second-order valence-corrected chi connectivity index (χ2v) is 6.35. The van der Waals surface area contributed by atoms with Gasteiger partial charge in [0.05, 0.1) is 24.5 Å². The summed E-state index contributed by atoms with van der Waals surface area (Å²) in [5, 5.41) is 9.47. The van der Waals surface area contributed by atoms with Gasteiger partial charge in [-0.05, 0) is 43.4 Å². The molecule has 3 atom stereocenters. The van der Waals surface area contributed by atoms with Gasteiger partial charge in [0.1, 0.15) is 0 Å². The topological polar surface area (TPSA) is 50.1 Å². The van der Waals surface area contributed by atoms with E-state index in [-0.39, 0.29) is 23.2 Å². The highest BCUT2D eigenvalue weighted by Crippen LogP contribution is 2.71. The Kier molecular flexibility index (Phi) is 2.72. The molecule has 3 heteroatoms. The van der Waals surface area contributed by atoms with Crippen LogP contribution in [-0.2, 0) is 9.53 Å². The second kappa shape index (κ2) is 3.73. The first-order valence-corrected chi connectivity index (χ1v) is 6.46. The number of carbonyl (C=O) groups is 1. The number of esters is 1. The van der Waals surface area contributed by atoms with Crippen LogP contribution in [0.4, 0.5) is 0 Å². The maximum Gasteiger partial charge on any atom is 0.307 e. The Balaban J connectivity index is 2.14. The van der Waals surface area contributed by atoms with E-state index in [1.54, 1.807) is 6.92 Å². The fourth-order valence-corrected chi connectivity index (χ4v) is 3.87. The molecule has 0 aromatic rings. The molecule has 2 aliphatic rings. The molecule has 0 heterocycles. The van der Waals surface area contributed by atoms with Crippen LogP contribution >= 0.6 is 0 Å². The Labute approximate surface area is 103 Å². The van der Waals surface area contributed by atoms with Crippen molar-refractivity contribution >= 4 is 5.97 Å². The van der Waals surface area contributed by atoms with E-state index in [2.05, 4.69) is 19.9 Å². The fourth-order valence-electron chi connectivity index (χ4n) is 3.87. The van der Waals surface area contributed by atoms with Crippen molar-refractivity contribution in [2.45, 2.75) is 52.9 Å². The smallest absolute Gasteiger partial charge is 0.307 e. The number of ether oxygens (including phenoxy) is 1. The van der Waals surface area contributed by atoms with Crippen molar-refractivity contribution in [1.82, 2.24) is 0 Å². The zero-order chi connectivity index (χ0) is 12.7. The molecular weight excluding hydrogens is 214 g/mol. The van der Waals surface area contributed by atoms with Gasteiger partial charge in [-0.15, -0.1) is 0 Å². The largest absolute Gasteiger partial charge is 0.466 e. The normalized spacial score (nSPS) is 43.4. The monoisotopic (exact) mass is 235 g/mol. The lowest BCUT2D eigenvalue weighted by Gasteiger charge is -2.51. The number of fused-ring (bicyclic) bond motifs is 1. The maximum absolute atomic E-state index is 11.6. The molecule has 0 aromatic heterocycles. The highest BCUT2D eigenvalue weighted by atomic mass is 16.5. The summed E-state index contributed by atoms with van der Waals surface area (Å²) in [7, 11) is 0. The minimum atomic E-state index is -0.480. The highest BCUT2D eigenvalue weighted by Gasteiger charge is 2.64. The number of hydrogen-bond acceptors (Lipinski definition) is 3. The van der Waals surface area contributed by atoms with Crippen LogP contribution in [-0.4, -0.2) is 12.6 Å². The van der Waals surface area contributed by atoms with Crippen LogP contribution in [0.5, 0.6) is 0 Å². The number of carbonyl (C=O) groups excluding carboxylic acids is 1. The number of nitrogens with zero attached hydrogens (tertiary/aromatic N) is 1. The summed E-state index contributed by atoms with van der Waals surface area (Å²) in [5.74, 6) is -0.220. The van der Waals surface area contributed by atoms with Crippen LogP contribution in [0.3, 0.4) is 0 Å². The van der Waals surface area contributed by atoms with Gasteiger partial charge in [-0.25, -0.2) is 0 Å². The van der Waals surface area contributed by atoms with Crippen molar-refractivity contribution in [2.24, 2.45) is 16.2 Å². The third-order valence-electron chi connectivity index (χ3n) is 5.17. The summed E-state index contributed by atoms with van der Waals surface area (Å²) in [6.45, 7) is 6.73. The van der Waals surface area contributed by atoms with E-state index < -0.39 is 5.41 Å². The predicted molar refractivity (Wildman–Crippen MR) is 64.0 cm³/mol. The zero-order valence-corrected chi connectivity index (χ0v) is 11.0. The van der Waals surface area contributed by atoms with E-state index in [1.165, 1.54) is 12.8 Å². The Morgan fingerprint density at radius 2 is 1.82 bits per heavy atom. The van der Waals surface area contributed by atoms with Gasteiger partial charge < -0.3 is 4.74 Å². The number of rotatable bonds is 3. The van der Waals surface area contributed by atoms with E-state index in [0.717, 1.165) is 12.8 Å². The van der Waals surface area contributed by atoms with E-state index in [4.69, 9.17) is 4.74 Å². The zero-order valence-electron chi connectivity index (χ0n) is 11.0. The van der Waals surface area contributed by atoms with Gasteiger partial charge in [-0.3, -0.25) is 4.79 Å². The summed E-state index contributed by atoms with van der Waals surface area (Å²) >= 11 is 0. The average molecular weight is 235 g/mol. The van der Waals surface area contributed by atoms with Gasteiger partial charge in [0.2, 0.25) is 0 Å². The summed E-state index contributed by atoms with van der Waals surface area (Å²) in [6.07, 6.45) is 4.35. The van der Waals surface area contributed by atoms with Crippen molar-refractivity contribution in [3.8, 4) is 6.07 Å². The van der Waals surface area contributed by atoms with Gasteiger partial charge in [-0.2, -0.15) is 5.26 Å². The molecule has 1 unspecified atom stereocenters. The minimum absolute atomic E-state index is 0.220. The first kappa shape index (κ1) is 12.4. The molecule has 0 aromatic carbocycles. The number of nitriles is 1. The molecule has 0 amide bonds. The summed E-state index contributed by atoms with van der Waals surface area (Å²) in [4.78, 5) is 11.6. The lowest BCUT2D eigenvalue weighted by molar-refractivity contribution is -0.145. The molecule has 2 fully saturated rings. The predicted octanol–water partition coefficient (Wildman–Crippen LogP) is 3.05. The van der Waals surface area contributed by atoms with E-state index >= 15 is 0 Å². The van der Waals surface area contributed by atoms with Crippen LogP contribution in [0.1, 0.15) is 52.9 Å². The van der Waals surface area contributed by atoms with Crippen molar-refractivity contribution in [1.29, 1.82) is 5.26 Å². The van der Waals surface area contributed by atoms with Crippen LogP contribution < -0.4 is 0 Å². The number of hydrogen-bond donors (Lipinski definition) is 0. The molecule has 0 spiro atoms. The van der Waals surface area contributed by atoms with Gasteiger partial charge in [0.25, 0.3) is 0 Å². The van der Waals surface area contributed by atoms with E-state index in [1.807, 2.05) is 0 Å². The molecular formula is C14H21NO2. The summed E-state index contributed by atoms with van der Waals surface area (Å²) in [6, 6.07) is 2.42. The van der Waals surface area contributed by atoms with E-state index in [9.17, 15) is 10.1 Å². The maximum atomic E-state index is 11.6. The molecule has 2 aliphatic carbocycles. The first-order chi connectivity index (χ1) is 7.89. The lowest BCUT2D eigenvalue weighted by atomic mass is 9.53. The Bertz CT molecular complexity index is 366. The summed E-state index contributed by atoms with van der Waals surface area (Å²) < 4.78 is 5.00. The molecule has 0 radical (unpaired) electrons. The SMILES string of the molecule is CCOC(=O)CC1(C#N)C[C@]2(C)CC[C@]2(C)C1. The van der Waals surface area contributed by atoms with Gasteiger partial charge in [-0.1, -0.05) is 13.8 Å². The van der Waals surface area contributed by atoms with Gasteiger partial charge in [0.15, 0.2) is 0 Å². The van der Waals surface area contributed by atoms with Crippen LogP contribution in [0.25, 0.3) is 0 Å². The summed E-state index contributed by atoms with van der Waals surface area (Å²) in [5.41, 5.74) is 0.0384. The Hall–Kier alpha value is -1.04. The van der Waals surface area contributed by atoms with Gasteiger partial charge in [0, 0.05) is 0 Å². The lowest BCUT2D eigenvalue weighted by Crippen LogP contribution is -2.42.